The lowest BCUT2D eigenvalue weighted by atomic mass is 10.3. The van der Waals surface area contributed by atoms with Crippen LogP contribution in [0.4, 0.5) is 0 Å². The van der Waals surface area contributed by atoms with Crippen LogP contribution >= 0.6 is 34.4 Å². The highest BCUT2D eigenvalue weighted by Gasteiger charge is 2.12. The number of thiazole rings is 1. The van der Waals surface area contributed by atoms with Crippen LogP contribution in [0.1, 0.15) is 10.6 Å². The van der Waals surface area contributed by atoms with Crippen LogP contribution in [-0.2, 0) is 11.2 Å². The summed E-state index contributed by atoms with van der Waals surface area (Å²) in [5, 5.41) is 12.4. The Labute approximate surface area is 126 Å². The Morgan fingerprint density at radius 3 is 3.10 bits per heavy atom. The van der Waals surface area contributed by atoms with E-state index >= 15 is 0 Å². The monoisotopic (exact) mass is 323 g/mol. The summed E-state index contributed by atoms with van der Waals surface area (Å²) in [5.74, 6) is -0.871. The van der Waals surface area contributed by atoms with Crippen molar-refractivity contribution in [2.75, 3.05) is 0 Å². The number of carboxylic acids is 1. The zero-order valence-corrected chi connectivity index (χ0v) is 12.8. The SMILES string of the molecule is Cc1cc2c(Sc3nc(CC(=O)O)cs3)ncnc2s1. The molecule has 0 bridgehead atoms. The van der Waals surface area contributed by atoms with E-state index in [0.717, 1.165) is 19.6 Å². The molecule has 0 amide bonds. The predicted molar refractivity (Wildman–Crippen MR) is 79.7 cm³/mol. The molecule has 0 radical (unpaired) electrons. The van der Waals surface area contributed by atoms with Gasteiger partial charge in [-0.1, -0.05) is 0 Å². The second-order valence-electron chi connectivity index (χ2n) is 4.03. The number of thiophene rings is 1. The summed E-state index contributed by atoms with van der Waals surface area (Å²) in [7, 11) is 0. The molecule has 3 rings (SSSR count). The molecule has 0 aliphatic rings. The predicted octanol–water partition coefficient (Wildman–Crippen LogP) is 3.23. The van der Waals surface area contributed by atoms with Gasteiger partial charge in [0.2, 0.25) is 0 Å². The number of fused-ring (bicyclic) bond motifs is 1. The Balaban J connectivity index is 1.89. The summed E-state index contributed by atoms with van der Waals surface area (Å²) in [4.78, 5) is 25.6. The molecule has 0 unspecified atom stereocenters. The second kappa shape index (κ2) is 5.47. The minimum Gasteiger partial charge on any atom is -0.481 e. The molecule has 0 atom stereocenters. The number of nitrogens with zero attached hydrogens (tertiary/aromatic N) is 3. The first-order valence-electron chi connectivity index (χ1n) is 5.67. The first kappa shape index (κ1) is 13.5. The largest absolute Gasteiger partial charge is 0.481 e. The maximum Gasteiger partial charge on any atom is 0.309 e. The lowest BCUT2D eigenvalue weighted by Crippen LogP contribution is -1.99. The third-order valence-corrected chi connectivity index (χ3v) is 5.43. The molecule has 3 aromatic heterocycles. The normalized spacial score (nSPS) is 11.1. The van der Waals surface area contributed by atoms with Crippen molar-refractivity contribution in [2.24, 2.45) is 0 Å². The van der Waals surface area contributed by atoms with Crippen LogP contribution in [0.5, 0.6) is 0 Å². The number of carbonyl (C=O) groups is 1. The van der Waals surface area contributed by atoms with Gasteiger partial charge < -0.3 is 5.11 Å². The van der Waals surface area contributed by atoms with Crippen molar-refractivity contribution < 1.29 is 9.90 Å². The fourth-order valence-electron chi connectivity index (χ4n) is 1.69. The molecular weight excluding hydrogens is 314 g/mol. The Kier molecular flexibility index (Phi) is 3.68. The van der Waals surface area contributed by atoms with Crippen LogP contribution in [0.3, 0.4) is 0 Å². The van der Waals surface area contributed by atoms with Crippen molar-refractivity contribution in [2.45, 2.75) is 22.7 Å². The molecule has 0 aromatic carbocycles. The lowest BCUT2D eigenvalue weighted by molar-refractivity contribution is -0.136. The highest BCUT2D eigenvalue weighted by Crippen LogP contribution is 2.35. The van der Waals surface area contributed by atoms with Gasteiger partial charge in [0.25, 0.3) is 0 Å². The molecule has 0 fully saturated rings. The molecule has 0 saturated heterocycles. The molecule has 3 aromatic rings. The fourth-order valence-corrected chi connectivity index (χ4v) is 4.41. The van der Waals surface area contributed by atoms with Gasteiger partial charge in [0, 0.05) is 15.6 Å². The van der Waals surface area contributed by atoms with Crippen LogP contribution in [-0.4, -0.2) is 26.0 Å². The minimum atomic E-state index is -0.871. The van der Waals surface area contributed by atoms with Gasteiger partial charge in [0.1, 0.15) is 16.2 Å². The molecule has 0 saturated carbocycles. The summed E-state index contributed by atoms with van der Waals surface area (Å²) < 4.78 is 0.796. The van der Waals surface area contributed by atoms with E-state index in [-0.39, 0.29) is 6.42 Å². The molecular formula is C12H9N3O2S3. The number of rotatable bonds is 4. The molecule has 0 aliphatic heterocycles. The second-order valence-corrected chi connectivity index (χ2v) is 7.36. The number of hydrogen-bond acceptors (Lipinski definition) is 7. The van der Waals surface area contributed by atoms with E-state index in [4.69, 9.17) is 5.11 Å². The maximum atomic E-state index is 10.7. The summed E-state index contributed by atoms with van der Waals surface area (Å²) in [6, 6.07) is 2.06. The van der Waals surface area contributed by atoms with Gasteiger partial charge in [-0.25, -0.2) is 15.0 Å². The third kappa shape index (κ3) is 2.82. The number of carboxylic acid groups (broad SMARTS) is 1. The zero-order valence-electron chi connectivity index (χ0n) is 10.4. The zero-order chi connectivity index (χ0) is 14.1. The van der Waals surface area contributed by atoms with Gasteiger partial charge in [-0.3, -0.25) is 4.79 Å². The van der Waals surface area contributed by atoms with Crippen LogP contribution in [0, 0.1) is 6.92 Å². The number of aromatic nitrogens is 3. The van der Waals surface area contributed by atoms with Gasteiger partial charge in [0.05, 0.1) is 12.1 Å². The first-order valence-corrected chi connectivity index (χ1v) is 8.18. The molecule has 1 N–H and O–H groups in total. The average Bonchev–Trinajstić information content (AvgIpc) is 2.95. The number of aliphatic carboxylic acids is 1. The van der Waals surface area contributed by atoms with E-state index in [9.17, 15) is 4.79 Å². The molecule has 102 valence electrons. The maximum absolute atomic E-state index is 10.7. The molecule has 20 heavy (non-hydrogen) atoms. The highest BCUT2D eigenvalue weighted by atomic mass is 32.2. The van der Waals surface area contributed by atoms with E-state index in [1.54, 1.807) is 23.0 Å². The Hall–Kier alpha value is -1.51. The van der Waals surface area contributed by atoms with Crippen molar-refractivity contribution in [3.63, 3.8) is 0 Å². The quantitative estimate of drug-likeness (QED) is 0.743. The van der Waals surface area contributed by atoms with Gasteiger partial charge >= 0.3 is 5.97 Å². The topological polar surface area (TPSA) is 76.0 Å². The Morgan fingerprint density at radius 2 is 2.30 bits per heavy atom. The highest BCUT2D eigenvalue weighted by molar-refractivity contribution is 8.01. The number of hydrogen-bond donors (Lipinski definition) is 1. The van der Waals surface area contributed by atoms with Gasteiger partial charge in [-0.15, -0.1) is 22.7 Å². The fraction of sp³-hybridized carbons (Fsp3) is 0.167. The van der Waals surface area contributed by atoms with E-state index in [1.807, 2.05) is 6.92 Å². The van der Waals surface area contributed by atoms with Crippen molar-refractivity contribution in [3.8, 4) is 0 Å². The smallest absolute Gasteiger partial charge is 0.309 e. The molecule has 0 spiro atoms. The van der Waals surface area contributed by atoms with Crippen LogP contribution < -0.4 is 0 Å². The van der Waals surface area contributed by atoms with Crippen LogP contribution in [0.15, 0.2) is 27.1 Å². The molecule has 3 heterocycles. The van der Waals surface area contributed by atoms with Crippen LogP contribution in [0.25, 0.3) is 10.2 Å². The summed E-state index contributed by atoms with van der Waals surface area (Å²) in [6.45, 7) is 2.04. The summed E-state index contributed by atoms with van der Waals surface area (Å²) >= 11 is 4.51. The van der Waals surface area contributed by atoms with E-state index in [0.29, 0.717) is 5.69 Å². The molecule has 5 nitrogen and oxygen atoms in total. The molecule has 0 aliphatic carbocycles. The van der Waals surface area contributed by atoms with Crippen molar-refractivity contribution in [1.82, 2.24) is 15.0 Å². The lowest BCUT2D eigenvalue weighted by Gasteiger charge is -1.97. The summed E-state index contributed by atoms with van der Waals surface area (Å²) in [6.07, 6.45) is 1.50. The summed E-state index contributed by atoms with van der Waals surface area (Å²) in [5.41, 5.74) is 0.580. The standard InChI is InChI=1S/C12H9N3O2S3/c1-6-2-8-10(19-6)13-5-14-11(8)20-12-15-7(4-18-12)3-9(16)17/h2,4-5H,3H2,1H3,(H,16,17). The van der Waals surface area contributed by atoms with Crippen molar-refractivity contribution in [1.29, 1.82) is 0 Å². The number of aryl methyl sites for hydroxylation is 1. The van der Waals surface area contributed by atoms with Gasteiger partial charge in [0.15, 0.2) is 4.34 Å². The van der Waals surface area contributed by atoms with E-state index in [2.05, 4.69) is 21.0 Å². The van der Waals surface area contributed by atoms with Crippen molar-refractivity contribution in [3.05, 3.63) is 28.3 Å². The van der Waals surface area contributed by atoms with E-state index in [1.165, 1.54) is 28.0 Å². The van der Waals surface area contributed by atoms with E-state index < -0.39 is 5.97 Å². The Bertz CT molecular complexity index is 781. The molecule has 8 heteroatoms. The third-order valence-electron chi connectivity index (χ3n) is 2.46. The van der Waals surface area contributed by atoms with Gasteiger partial charge in [-0.05, 0) is 24.8 Å². The Morgan fingerprint density at radius 1 is 1.45 bits per heavy atom. The van der Waals surface area contributed by atoms with Gasteiger partial charge in [-0.2, -0.15) is 0 Å². The first-order chi connectivity index (χ1) is 9.61. The van der Waals surface area contributed by atoms with Crippen LogP contribution in [0.2, 0.25) is 0 Å². The van der Waals surface area contributed by atoms with Crippen molar-refractivity contribution >= 4 is 50.6 Å². The minimum absolute atomic E-state index is 0.0478. The average molecular weight is 323 g/mol.